The third-order valence-corrected chi connectivity index (χ3v) is 4.77. The highest BCUT2D eigenvalue weighted by atomic mass is 35.5. The van der Waals surface area contributed by atoms with E-state index in [1.54, 1.807) is 26.0 Å². The number of rotatable bonds is 7. The molecule has 0 fully saturated rings. The highest BCUT2D eigenvalue weighted by molar-refractivity contribution is 7.53. The summed E-state index contributed by atoms with van der Waals surface area (Å²) in [5.74, 6) is 0. The van der Waals surface area contributed by atoms with Gasteiger partial charge in [-0.2, -0.15) is 0 Å². The predicted molar refractivity (Wildman–Crippen MR) is 74.1 cm³/mol. The van der Waals surface area contributed by atoms with Gasteiger partial charge >= 0.3 is 7.60 Å². The summed E-state index contributed by atoms with van der Waals surface area (Å²) >= 11 is 5.80. The largest absolute Gasteiger partial charge is 0.332 e. The summed E-state index contributed by atoms with van der Waals surface area (Å²) in [6.45, 7) is 4.23. The molecule has 0 aliphatic rings. The molecule has 0 aliphatic heterocycles. The number of hydrogen-bond donors (Lipinski definition) is 1. The second-order valence-corrected chi connectivity index (χ2v) is 6.33. The lowest BCUT2D eigenvalue weighted by Gasteiger charge is -2.20. The minimum atomic E-state index is -3.11. The van der Waals surface area contributed by atoms with Crippen LogP contribution in [0.5, 0.6) is 0 Å². The van der Waals surface area contributed by atoms with E-state index < -0.39 is 13.6 Å². The molecular formula is C12H19ClNO3P. The normalized spacial score (nSPS) is 13.6. The standard InChI is InChI=1S/C12H19ClNO3P/c1-3-16-18(15,17-4-2)9-12(14)10-5-7-11(13)8-6-10/h5-8,12H,3-4,9,14H2,1-2H3. The Kier molecular flexibility index (Phi) is 6.33. The van der Waals surface area contributed by atoms with Crippen LogP contribution in [-0.2, 0) is 13.6 Å². The lowest BCUT2D eigenvalue weighted by Crippen LogP contribution is -2.17. The summed E-state index contributed by atoms with van der Waals surface area (Å²) in [5, 5.41) is 0.642. The zero-order valence-corrected chi connectivity index (χ0v) is 12.3. The van der Waals surface area contributed by atoms with Crippen LogP contribution < -0.4 is 5.73 Å². The summed E-state index contributed by atoms with van der Waals surface area (Å²) in [4.78, 5) is 0. The molecule has 0 aromatic heterocycles. The first-order valence-electron chi connectivity index (χ1n) is 5.90. The van der Waals surface area contributed by atoms with Gasteiger partial charge in [0.2, 0.25) is 0 Å². The number of halogens is 1. The molecule has 1 unspecified atom stereocenters. The van der Waals surface area contributed by atoms with Gasteiger partial charge in [0.1, 0.15) is 0 Å². The van der Waals surface area contributed by atoms with E-state index >= 15 is 0 Å². The molecule has 0 bridgehead atoms. The Morgan fingerprint density at radius 2 is 1.72 bits per heavy atom. The zero-order chi connectivity index (χ0) is 13.6. The van der Waals surface area contributed by atoms with E-state index in [4.69, 9.17) is 26.4 Å². The molecule has 0 saturated heterocycles. The van der Waals surface area contributed by atoms with Crippen LogP contribution in [0, 0.1) is 0 Å². The van der Waals surface area contributed by atoms with Gasteiger partial charge < -0.3 is 14.8 Å². The topological polar surface area (TPSA) is 61.5 Å². The van der Waals surface area contributed by atoms with Gasteiger partial charge in [-0.05, 0) is 31.5 Å². The van der Waals surface area contributed by atoms with Gasteiger partial charge in [-0.3, -0.25) is 4.57 Å². The summed E-state index contributed by atoms with van der Waals surface area (Å²) in [5.41, 5.74) is 6.88. The van der Waals surface area contributed by atoms with Crippen molar-refractivity contribution in [2.24, 2.45) is 5.73 Å². The van der Waals surface area contributed by atoms with E-state index in [1.165, 1.54) is 0 Å². The average Bonchev–Trinajstić information content (AvgIpc) is 2.30. The molecule has 0 radical (unpaired) electrons. The van der Waals surface area contributed by atoms with Gasteiger partial charge in [-0.15, -0.1) is 0 Å². The second-order valence-electron chi connectivity index (χ2n) is 3.79. The van der Waals surface area contributed by atoms with Crippen molar-refractivity contribution in [3.63, 3.8) is 0 Å². The number of hydrogen-bond acceptors (Lipinski definition) is 4. The van der Waals surface area contributed by atoms with Crippen molar-refractivity contribution in [1.29, 1.82) is 0 Å². The third kappa shape index (κ3) is 4.71. The molecule has 102 valence electrons. The first-order chi connectivity index (χ1) is 8.50. The van der Waals surface area contributed by atoms with E-state index in [0.29, 0.717) is 18.2 Å². The van der Waals surface area contributed by atoms with Crippen molar-refractivity contribution in [2.75, 3.05) is 19.4 Å². The fraction of sp³-hybridized carbons (Fsp3) is 0.500. The molecule has 0 heterocycles. The highest BCUT2D eigenvalue weighted by Gasteiger charge is 2.27. The molecular weight excluding hydrogens is 273 g/mol. The highest BCUT2D eigenvalue weighted by Crippen LogP contribution is 2.50. The van der Waals surface area contributed by atoms with E-state index in [-0.39, 0.29) is 6.16 Å². The fourth-order valence-corrected chi connectivity index (χ4v) is 3.48. The van der Waals surface area contributed by atoms with Crippen LogP contribution in [-0.4, -0.2) is 19.4 Å². The first kappa shape index (κ1) is 15.7. The smallest absolute Gasteiger partial charge is 0.323 e. The van der Waals surface area contributed by atoms with Gasteiger partial charge in [0.25, 0.3) is 0 Å². The predicted octanol–water partition coefficient (Wildman–Crippen LogP) is 3.61. The first-order valence-corrected chi connectivity index (χ1v) is 8.00. The quantitative estimate of drug-likeness (QED) is 0.780. The summed E-state index contributed by atoms with van der Waals surface area (Å²) in [7, 11) is -3.11. The van der Waals surface area contributed by atoms with Crippen molar-refractivity contribution in [1.82, 2.24) is 0 Å². The third-order valence-electron chi connectivity index (χ3n) is 2.37. The minimum Gasteiger partial charge on any atom is -0.323 e. The minimum absolute atomic E-state index is 0.163. The zero-order valence-electron chi connectivity index (χ0n) is 10.6. The molecule has 0 spiro atoms. The lowest BCUT2D eigenvalue weighted by atomic mass is 10.1. The Hall–Kier alpha value is -0.380. The molecule has 2 N–H and O–H groups in total. The van der Waals surface area contributed by atoms with Crippen LogP contribution in [0.4, 0.5) is 0 Å². The van der Waals surface area contributed by atoms with Crippen LogP contribution >= 0.6 is 19.2 Å². The van der Waals surface area contributed by atoms with Crippen LogP contribution in [0.2, 0.25) is 5.02 Å². The Morgan fingerprint density at radius 1 is 1.22 bits per heavy atom. The van der Waals surface area contributed by atoms with Crippen molar-refractivity contribution < 1.29 is 13.6 Å². The summed E-state index contributed by atoms with van der Waals surface area (Å²) in [6, 6.07) is 6.74. The van der Waals surface area contributed by atoms with Crippen LogP contribution in [0.25, 0.3) is 0 Å². The molecule has 1 aromatic carbocycles. The van der Waals surface area contributed by atoms with Gasteiger partial charge in [0.15, 0.2) is 0 Å². The molecule has 1 atom stereocenters. The van der Waals surface area contributed by atoms with E-state index in [0.717, 1.165) is 5.56 Å². The van der Waals surface area contributed by atoms with Gasteiger partial charge in [-0.1, -0.05) is 23.7 Å². The number of benzene rings is 1. The Morgan fingerprint density at radius 3 is 2.17 bits per heavy atom. The molecule has 4 nitrogen and oxygen atoms in total. The van der Waals surface area contributed by atoms with Crippen molar-refractivity contribution >= 4 is 19.2 Å². The molecule has 0 aliphatic carbocycles. The van der Waals surface area contributed by atoms with E-state index in [1.807, 2.05) is 12.1 Å². The SMILES string of the molecule is CCOP(=O)(CC(N)c1ccc(Cl)cc1)OCC. The summed E-state index contributed by atoms with van der Waals surface area (Å²) in [6.07, 6.45) is 0.163. The molecule has 18 heavy (non-hydrogen) atoms. The molecule has 1 rings (SSSR count). The van der Waals surface area contributed by atoms with Crippen LogP contribution in [0.15, 0.2) is 24.3 Å². The average molecular weight is 292 g/mol. The Bertz CT molecular complexity index is 400. The van der Waals surface area contributed by atoms with E-state index in [9.17, 15) is 4.57 Å². The summed E-state index contributed by atoms with van der Waals surface area (Å²) < 4.78 is 22.7. The van der Waals surface area contributed by atoms with Gasteiger partial charge in [-0.25, -0.2) is 0 Å². The maximum atomic E-state index is 12.3. The second kappa shape index (κ2) is 7.27. The molecule has 0 saturated carbocycles. The molecule has 0 amide bonds. The maximum absolute atomic E-state index is 12.3. The van der Waals surface area contributed by atoms with Gasteiger partial charge in [0.05, 0.1) is 19.4 Å². The van der Waals surface area contributed by atoms with Crippen LogP contribution in [0.3, 0.4) is 0 Å². The van der Waals surface area contributed by atoms with Crippen molar-refractivity contribution in [2.45, 2.75) is 19.9 Å². The molecule has 1 aromatic rings. The molecule has 6 heteroatoms. The Labute approximate surface area is 113 Å². The number of nitrogens with two attached hydrogens (primary N) is 1. The Balaban J connectivity index is 2.74. The lowest BCUT2D eigenvalue weighted by molar-refractivity contribution is 0.218. The monoisotopic (exact) mass is 291 g/mol. The van der Waals surface area contributed by atoms with Crippen molar-refractivity contribution in [3.05, 3.63) is 34.9 Å². The van der Waals surface area contributed by atoms with E-state index in [2.05, 4.69) is 0 Å². The van der Waals surface area contributed by atoms with Gasteiger partial charge in [0, 0.05) is 11.1 Å². The van der Waals surface area contributed by atoms with Crippen LogP contribution in [0.1, 0.15) is 25.5 Å². The van der Waals surface area contributed by atoms with Crippen molar-refractivity contribution in [3.8, 4) is 0 Å². The maximum Gasteiger partial charge on any atom is 0.332 e. The fourth-order valence-electron chi connectivity index (χ4n) is 1.59.